The molecule has 0 saturated heterocycles. The monoisotopic (exact) mass is 188 g/mol. The van der Waals surface area contributed by atoms with Crippen LogP contribution in [0.5, 0.6) is 0 Å². The van der Waals surface area contributed by atoms with Gasteiger partial charge in [0.25, 0.3) is 0 Å². The lowest BCUT2D eigenvalue weighted by Crippen LogP contribution is -2.18. The van der Waals surface area contributed by atoms with Crippen LogP contribution in [-0.2, 0) is 4.79 Å². The molecule has 14 heavy (non-hydrogen) atoms. The first kappa shape index (κ1) is 8.04. The Balaban J connectivity index is 1.99. The van der Waals surface area contributed by atoms with Crippen LogP contribution in [0.4, 0.5) is 0 Å². The van der Waals surface area contributed by atoms with Gasteiger partial charge in [-0.1, -0.05) is 12.2 Å². The van der Waals surface area contributed by atoms with Gasteiger partial charge in [0.1, 0.15) is 12.0 Å². The van der Waals surface area contributed by atoms with E-state index < -0.39 is 0 Å². The van der Waals surface area contributed by atoms with Crippen LogP contribution in [0.15, 0.2) is 35.0 Å². The van der Waals surface area contributed by atoms with Gasteiger partial charge in [0.2, 0.25) is 0 Å². The normalized spacial score (nSPS) is 39.1. The summed E-state index contributed by atoms with van der Waals surface area (Å²) in [7, 11) is 0. The number of rotatable bonds is 2. The van der Waals surface area contributed by atoms with Gasteiger partial charge in [-0.15, -0.1) is 0 Å². The van der Waals surface area contributed by atoms with E-state index in [9.17, 15) is 4.79 Å². The molecule has 0 amide bonds. The van der Waals surface area contributed by atoms with Crippen molar-refractivity contribution in [2.75, 3.05) is 0 Å². The lowest BCUT2D eigenvalue weighted by atomic mass is 9.82. The summed E-state index contributed by atoms with van der Waals surface area (Å²) >= 11 is 0. The molecule has 4 unspecified atom stereocenters. The molecule has 1 saturated carbocycles. The van der Waals surface area contributed by atoms with Gasteiger partial charge in [-0.2, -0.15) is 0 Å². The second kappa shape index (κ2) is 2.84. The van der Waals surface area contributed by atoms with Crippen molar-refractivity contribution in [1.82, 2.24) is 0 Å². The van der Waals surface area contributed by atoms with Crippen molar-refractivity contribution in [2.45, 2.75) is 12.3 Å². The Hall–Kier alpha value is -1.31. The van der Waals surface area contributed by atoms with Crippen molar-refractivity contribution in [2.24, 2.45) is 17.8 Å². The number of fused-ring (bicyclic) bond motifs is 2. The van der Waals surface area contributed by atoms with Gasteiger partial charge >= 0.3 is 0 Å². The summed E-state index contributed by atoms with van der Waals surface area (Å²) < 4.78 is 5.41. The molecule has 1 aromatic rings. The Bertz CT molecular complexity index is 364. The minimum absolute atomic E-state index is 0.135. The van der Waals surface area contributed by atoms with Crippen LogP contribution < -0.4 is 0 Å². The molecule has 0 spiro atoms. The number of carbonyl (C=O) groups is 1. The molecular weight excluding hydrogens is 176 g/mol. The van der Waals surface area contributed by atoms with Gasteiger partial charge in [0.15, 0.2) is 0 Å². The van der Waals surface area contributed by atoms with Gasteiger partial charge in [-0.3, -0.25) is 0 Å². The fourth-order valence-electron chi connectivity index (χ4n) is 2.93. The Labute approximate surface area is 82.6 Å². The summed E-state index contributed by atoms with van der Waals surface area (Å²) in [6.07, 6.45) is 8.32. The number of furan rings is 1. The first-order valence-electron chi connectivity index (χ1n) is 5.07. The van der Waals surface area contributed by atoms with Crippen molar-refractivity contribution >= 4 is 6.29 Å². The Morgan fingerprint density at radius 2 is 2.21 bits per heavy atom. The number of hydrogen-bond donors (Lipinski definition) is 0. The predicted octanol–water partition coefficient (Wildman–Crippen LogP) is 2.38. The molecule has 2 bridgehead atoms. The Morgan fingerprint density at radius 3 is 2.93 bits per heavy atom. The molecule has 0 radical (unpaired) electrons. The van der Waals surface area contributed by atoms with Crippen molar-refractivity contribution in [3.8, 4) is 0 Å². The molecule has 2 aliphatic rings. The highest BCUT2D eigenvalue weighted by molar-refractivity contribution is 5.59. The highest BCUT2D eigenvalue weighted by Gasteiger charge is 2.46. The fourth-order valence-corrected chi connectivity index (χ4v) is 2.93. The van der Waals surface area contributed by atoms with E-state index >= 15 is 0 Å². The third kappa shape index (κ3) is 0.939. The number of carbonyl (C=O) groups excluding carboxylic acids is 1. The number of aldehydes is 1. The van der Waals surface area contributed by atoms with Crippen LogP contribution in [-0.4, -0.2) is 6.29 Å². The minimum atomic E-state index is 0.135. The van der Waals surface area contributed by atoms with Crippen LogP contribution in [0.3, 0.4) is 0 Å². The summed E-state index contributed by atoms with van der Waals surface area (Å²) in [6, 6.07) is 3.88. The Kier molecular flexibility index (Phi) is 1.63. The van der Waals surface area contributed by atoms with E-state index in [4.69, 9.17) is 4.42 Å². The van der Waals surface area contributed by atoms with E-state index in [1.165, 1.54) is 0 Å². The van der Waals surface area contributed by atoms with Gasteiger partial charge in [-0.25, -0.2) is 0 Å². The minimum Gasteiger partial charge on any atom is -0.469 e. The summed E-state index contributed by atoms with van der Waals surface area (Å²) in [5.41, 5.74) is 0. The summed E-state index contributed by atoms with van der Waals surface area (Å²) in [4.78, 5) is 11.0. The van der Waals surface area contributed by atoms with E-state index in [-0.39, 0.29) is 11.8 Å². The zero-order valence-corrected chi connectivity index (χ0v) is 7.80. The highest BCUT2D eigenvalue weighted by atomic mass is 16.3. The average Bonchev–Trinajstić information content (AvgIpc) is 2.92. The van der Waals surface area contributed by atoms with Gasteiger partial charge in [0, 0.05) is 11.8 Å². The van der Waals surface area contributed by atoms with Crippen LogP contribution in [0, 0.1) is 17.8 Å². The molecule has 2 heteroatoms. The van der Waals surface area contributed by atoms with Gasteiger partial charge in [-0.05, 0) is 30.4 Å². The average molecular weight is 188 g/mol. The predicted molar refractivity (Wildman–Crippen MR) is 51.7 cm³/mol. The zero-order chi connectivity index (χ0) is 9.54. The van der Waals surface area contributed by atoms with Crippen LogP contribution in [0.2, 0.25) is 0 Å². The molecule has 0 aromatic carbocycles. The second-order valence-corrected chi connectivity index (χ2v) is 4.20. The Morgan fingerprint density at radius 1 is 1.36 bits per heavy atom. The van der Waals surface area contributed by atoms with E-state index in [1.807, 2.05) is 12.1 Å². The lowest BCUT2D eigenvalue weighted by Gasteiger charge is -2.21. The summed E-state index contributed by atoms with van der Waals surface area (Å²) in [5.74, 6) is 2.36. The van der Waals surface area contributed by atoms with Gasteiger partial charge in [0.05, 0.1) is 6.26 Å². The topological polar surface area (TPSA) is 30.2 Å². The molecule has 1 fully saturated rings. The van der Waals surface area contributed by atoms with Crippen molar-refractivity contribution in [1.29, 1.82) is 0 Å². The van der Waals surface area contributed by atoms with Gasteiger partial charge < -0.3 is 9.21 Å². The molecule has 0 N–H and O–H groups in total. The quantitative estimate of drug-likeness (QED) is 0.527. The summed E-state index contributed by atoms with van der Waals surface area (Å²) in [6.45, 7) is 0. The van der Waals surface area contributed by atoms with Crippen LogP contribution in [0.1, 0.15) is 18.1 Å². The molecule has 4 atom stereocenters. The number of hydrogen-bond acceptors (Lipinski definition) is 2. The molecule has 2 aliphatic carbocycles. The molecular formula is C12H12O2. The molecule has 3 rings (SSSR count). The largest absolute Gasteiger partial charge is 0.469 e. The maximum atomic E-state index is 11.0. The third-order valence-electron chi connectivity index (χ3n) is 3.55. The van der Waals surface area contributed by atoms with Crippen molar-refractivity contribution in [3.63, 3.8) is 0 Å². The maximum absolute atomic E-state index is 11.0. The maximum Gasteiger partial charge on any atom is 0.124 e. The zero-order valence-electron chi connectivity index (χ0n) is 7.80. The number of allylic oxidation sites excluding steroid dienone is 2. The molecule has 2 nitrogen and oxygen atoms in total. The molecule has 1 heterocycles. The van der Waals surface area contributed by atoms with E-state index in [0.29, 0.717) is 11.8 Å². The van der Waals surface area contributed by atoms with Crippen LogP contribution >= 0.6 is 0 Å². The van der Waals surface area contributed by atoms with E-state index in [2.05, 4.69) is 12.2 Å². The van der Waals surface area contributed by atoms with E-state index in [0.717, 1.165) is 18.5 Å². The SMILES string of the molecule is O=CC1C2C=CC(C2)C1c1ccco1. The second-order valence-electron chi connectivity index (χ2n) is 4.20. The lowest BCUT2D eigenvalue weighted by molar-refractivity contribution is -0.112. The fraction of sp³-hybridized carbons (Fsp3) is 0.417. The first-order chi connectivity index (χ1) is 6.90. The van der Waals surface area contributed by atoms with Crippen molar-refractivity contribution < 1.29 is 9.21 Å². The third-order valence-corrected chi connectivity index (χ3v) is 3.55. The smallest absolute Gasteiger partial charge is 0.124 e. The highest BCUT2D eigenvalue weighted by Crippen LogP contribution is 2.52. The van der Waals surface area contributed by atoms with Crippen molar-refractivity contribution in [3.05, 3.63) is 36.3 Å². The standard InChI is InChI=1S/C12H12O2/c13-7-10-8-3-4-9(6-8)12(10)11-2-1-5-14-11/h1-5,7-10,12H,6H2. The summed E-state index contributed by atoms with van der Waals surface area (Å²) in [5, 5.41) is 0. The van der Waals surface area contributed by atoms with Crippen LogP contribution in [0.25, 0.3) is 0 Å². The first-order valence-corrected chi connectivity index (χ1v) is 5.07. The molecule has 1 aromatic heterocycles. The van der Waals surface area contributed by atoms with E-state index in [1.54, 1.807) is 6.26 Å². The molecule has 0 aliphatic heterocycles. The molecule has 72 valence electrons.